The average molecular weight is 437 g/mol. The van der Waals surface area contributed by atoms with E-state index in [1.807, 2.05) is 5.43 Å². The summed E-state index contributed by atoms with van der Waals surface area (Å²) in [7, 11) is -4.94. The van der Waals surface area contributed by atoms with Crippen LogP contribution in [-0.4, -0.2) is 8.42 Å². The molecule has 2 N–H and O–H groups in total. The van der Waals surface area contributed by atoms with Crippen molar-refractivity contribution < 1.29 is 39.2 Å². The maximum absolute atomic E-state index is 13.6. The van der Waals surface area contributed by atoms with E-state index in [0.29, 0.717) is 0 Å². The summed E-state index contributed by atoms with van der Waals surface area (Å²) in [6.07, 6.45) is -10.5. The van der Waals surface area contributed by atoms with Crippen molar-refractivity contribution in [1.82, 2.24) is 4.83 Å². The number of anilines is 1. The van der Waals surface area contributed by atoms with Crippen LogP contribution in [0.4, 0.5) is 36.4 Å². The van der Waals surface area contributed by atoms with Crippen molar-refractivity contribution in [2.24, 2.45) is 0 Å². The molecule has 13 heteroatoms. The van der Waals surface area contributed by atoms with Gasteiger partial charge in [-0.15, -0.1) is 4.83 Å². The van der Waals surface area contributed by atoms with Crippen molar-refractivity contribution in [3.05, 3.63) is 58.4 Å². The van der Waals surface area contributed by atoms with E-state index in [1.165, 1.54) is 17.0 Å². The summed E-state index contributed by atoms with van der Waals surface area (Å²) >= 11 is 5.64. The molecule has 27 heavy (non-hydrogen) atoms. The van der Waals surface area contributed by atoms with Crippen molar-refractivity contribution in [3.8, 4) is 0 Å². The van der Waals surface area contributed by atoms with Crippen molar-refractivity contribution in [3.63, 3.8) is 0 Å². The molecule has 2 aromatic carbocycles. The van der Waals surface area contributed by atoms with Crippen molar-refractivity contribution in [2.75, 3.05) is 5.43 Å². The lowest BCUT2D eigenvalue weighted by molar-refractivity contribution is -0.143. The highest BCUT2D eigenvalue weighted by Gasteiger charge is 2.38. The van der Waals surface area contributed by atoms with Crippen LogP contribution >= 0.6 is 11.6 Å². The number of sulfonamides is 1. The van der Waals surface area contributed by atoms with Gasteiger partial charge in [-0.25, -0.2) is 12.8 Å². The molecule has 4 nitrogen and oxygen atoms in total. The van der Waals surface area contributed by atoms with E-state index >= 15 is 0 Å². The van der Waals surface area contributed by atoms with Gasteiger partial charge in [0.2, 0.25) is 0 Å². The van der Waals surface area contributed by atoms with E-state index in [2.05, 4.69) is 0 Å². The first-order valence-electron chi connectivity index (χ1n) is 6.73. The number of alkyl halides is 6. The molecule has 2 aromatic rings. The zero-order valence-electron chi connectivity index (χ0n) is 12.7. The molecule has 148 valence electrons. The molecule has 0 aliphatic heterocycles. The minimum absolute atomic E-state index is 0.0161. The number of benzene rings is 2. The number of halogens is 8. The second-order valence-corrected chi connectivity index (χ2v) is 7.16. The number of hydrogen-bond acceptors (Lipinski definition) is 3. The summed E-state index contributed by atoms with van der Waals surface area (Å²) in [5.74, 6) is -1.01. The van der Waals surface area contributed by atoms with Crippen molar-refractivity contribution in [1.29, 1.82) is 0 Å². The molecular weight excluding hydrogens is 429 g/mol. The Morgan fingerprint density at radius 2 is 1.41 bits per heavy atom. The van der Waals surface area contributed by atoms with Gasteiger partial charge in [-0.1, -0.05) is 17.7 Å². The first-order chi connectivity index (χ1) is 12.2. The SMILES string of the molecule is O=S(=O)(NNc1c(F)cccc1Cl)c1cc(C(F)(F)F)cc(C(F)(F)F)c1. The number of hydrogen-bond donors (Lipinski definition) is 2. The zero-order valence-corrected chi connectivity index (χ0v) is 14.3. The van der Waals surface area contributed by atoms with Crippen LogP contribution in [0, 0.1) is 5.82 Å². The molecule has 0 saturated heterocycles. The first kappa shape index (κ1) is 21.3. The number of nitrogens with one attached hydrogen (secondary N) is 2. The summed E-state index contributed by atoms with van der Waals surface area (Å²) < 4.78 is 115. The minimum Gasteiger partial charge on any atom is -0.304 e. The molecule has 0 saturated carbocycles. The van der Waals surface area contributed by atoms with Crippen LogP contribution in [0.15, 0.2) is 41.3 Å². The average Bonchev–Trinajstić information content (AvgIpc) is 2.52. The Hall–Kier alpha value is -2.05. The molecule has 0 aliphatic carbocycles. The highest BCUT2D eigenvalue weighted by atomic mass is 35.5. The quantitative estimate of drug-likeness (QED) is 0.533. The van der Waals surface area contributed by atoms with E-state index < -0.39 is 49.9 Å². The van der Waals surface area contributed by atoms with Crippen molar-refractivity contribution in [2.45, 2.75) is 17.2 Å². The van der Waals surface area contributed by atoms with Crippen LogP contribution in [0.3, 0.4) is 0 Å². The summed E-state index contributed by atoms with van der Waals surface area (Å²) in [5, 5.41) is -0.280. The normalized spacial score (nSPS) is 12.9. The monoisotopic (exact) mass is 436 g/mol. The standard InChI is InChI=1S/C14H8ClF7N2O2S/c15-10-2-1-3-11(16)12(10)23-24-27(25,26)9-5-7(13(17,18)19)4-8(6-9)14(20,21)22/h1-6,23-24H. The number of hydrazine groups is 1. The van der Waals surface area contributed by atoms with E-state index in [0.717, 1.165) is 6.07 Å². The summed E-state index contributed by atoms with van der Waals surface area (Å²) in [6.45, 7) is 0. The molecule has 2 rings (SSSR count). The van der Waals surface area contributed by atoms with Gasteiger partial charge in [0.15, 0.2) is 0 Å². The molecule has 0 fully saturated rings. The van der Waals surface area contributed by atoms with Gasteiger partial charge in [-0.05, 0) is 30.3 Å². The number of rotatable bonds is 4. The fraction of sp³-hybridized carbons (Fsp3) is 0.143. The van der Waals surface area contributed by atoms with Gasteiger partial charge in [0.25, 0.3) is 10.0 Å². The Balaban J connectivity index is 2.46. The second kappa shape index (κ2) is 7.17. The topological polar surface area (TPSA) is 58.2 Å². The molecule has 0 spiro atoms. The van der Waals surface area contributed by atoms with Gasteiger partial charge in [0.1, 0.15) is 11.5 Å². The molecule has 0 aliphatic rings. The predicted molar refractivity (Wildman–Crippen MR) is 81.8 cm³/mol. The van der Waals surface area contributed by atoms with Gasteiger partial charge in [0, 0.05) is 0 Å². The van der Waals surface area contributed by atoms with Gasteiger partial charge >= 0.3 is 12.4 Å². The largest absolute Gasteiger partial charge is 0.416 e. The van der Waals surface area contributed by atoms with Gasteiger partial charge in [-0.3, -0.25) is 0 Å². The lowest BCUT2D eigenvalue weighted by atomic mass is 10.1. The van der Waals surface area contributed by atoms with E-state index in [9.17, 15) is 39.2 Å². The molecule has 0 heterocycles. The Morgan fingerprint density at radius 1 is 0.889 bits per heavy atom. The fourth-order valence-corrected chi connectivity index (χ4v) is 3.00. The third kappa shape index (κ3) is 5.02. The summed E-state index contributed by atoms with van der Waals surface area (Å²) in [6, 6.07) is 3.08. The van der Waals surface area contributed by atoms with Gasteiger partial charge in [-0.2, -0.15) is 26.3 Å². The van der Waals surface area contributed by atoms with E-state index in [1.54, 1.807) is 0 Å². The molecular formula is C14H8ClF7N2O2S. The lowest BCUT2D eigenvalue weighted by Gasteiger charge is -2.15. The molecule has 0 atom stereocenters. The highest BCUT2D eigenvalue weighted by molar-refractivity contribution is 7.89. The maximum atomic E-state index is 13.6. The first-order valence-corrected chi connectivity index (χ1v) is 8.59. The zero-order chi connectivity index (χ0) is 20.6. The van der Waals surface area contributed by atoms with Crippen LogP contribution in [0.2, 0.25) is 5.02 Å². The Labute approximate surface area is 153 Å². The third-order valence-corrected chi connectivity index (χ3v) is 4.69. The third-order valence-electron chi connectivity index (χ3n) is 3.14. The van der Waals surface area contributed by atoms with E-state index in [-0.39, 0.29) is 23.2 Å². The van der Waals surface area contributed by atoms with Crippen LogP contribution in [0.1, 0.15) is 11.1 Å². The van der Waals surface area contributed by atoms with Crippen LogP contribution < -0.4 is 10.3 Å². The van der Waals surface area contributed by atoms with E-state index in [4.69, 9.17) is 11.6 Å². The minimum atomic E-state index is -5.23. The lowest BCUT2D eigenvalue weighted by Crippen LogP contribution is -2.30. The fourth-order valence-electron chi connectivity index (χ4n) is 1.88. The van der Waals surface area contributed by atoms with Crippen LogP contribution in [0.5, 0.6) is 0 Å². The van der Waals surface area contributed by atoms with Crippen molar-refractivity contribution >= 4 is 27.3 Å². The Kier molecular flexibility index (Phi) is 5.64. The van der Waals surface area contributed by atoms with Gasteiger partial charge < -0.3 is 5.43 Å². The Bertz CT molecular complexity index is 906. The molecule has 0 bridgehead atoms. The summed E-state index contributed by atoms with van der Waals surface area (Å²) in [5.41, 5.74) is -2.37. The molecule has 0 aromatic heterocycles. The van der Waals surface area contributed by atoms with Gasteiger partial charge in [0.05, 0.1) is 21.0 Å². The summed E-state index contributed by atoms with van der Waals surface area (Å²) in [4.78, 5) is 0.165. The Morgan fingerprint density at radius 3 is 1.85 bits per heavy atom. The molecule has 0 radical (unpaired) electrons. The highest BCUT2D eigenvalue weighted by Crippen LogP contribution is 2.37. The number of para-hydroxylation sites is 1. The smallest absolute Gasteiger partial charge is 0.304 e. The van der Waals surface area contributed by atoms with Crippen LogP contribution in [-0.2, 0) is 22.4 Å². The second-order valence-electron chi connectivity index (χ2n) is 5.07. The predicted octanol–water partition coefficient (Wildman–Crippen LogP) is 4.82. The molecule has 0 amide bonds. The molecule has 0 unspecified atom stereocenters. The van der Waals surface area contributed by atoms with Crippen LogP contribution in [0.25, 0.3) is 0 Å². The maximum Gasteiger partial charge on any atom is 0.416 e.